The Balaban J connectivity index is 0. The van der Waals surface area contributed by atoms with Crippen LogP contribution in [-0.4, -0.2) is 19.3 Å². The summed E-state index contributed by atoms with van der Waals surface area (Å²) in [5, 5.41) is 3.30. The lowest BCUT2D eigenvalue weighted by atomic mass is 10.4. The monoisotopic (exact) mass is 149 g/mol. The molecule has 1 nitrogen and oxygen atoms in total. The predicted molar refractivity (Wildman–Crippen MR) is 49.1 cm³/mol. The summed E-state index contributed by atoms with van der Waals surface area (Å²) in [6, 6.07) is 0.653. The fourth-order valence-electron chi connectivity index (χ4n) is 0.433. The Hall–Kier alpha value is 0.390. The van der Waals surface area contributed by atoms with E-state index in [4.69, 9.17) is 0 Å². The maximum atomic E-state index is 3.30. The van der Waals surface area contributed by atoms with Gasteiger partial charge in [-0.05, 0) is 13.0 Å². The van der Waals surface area contributed by atoms with Crippen molar-refractivity contribution in [3.63, 3.8) is 0 Å². The van der Waals surface area contributed by atoms with E-state index in [0.29, 0.717) is 6.04 Å². The van der Waals surface area contributed by atoms with Crippen molar-refractivity contribution in [2.75, 3.05) is 13.2 Å². The van der Waals surface area contributed by atoms with Gasteiger partial charge in [0.05, 0.1) is 0 Å². The van der Waals surface area contributed by atoms with E-state index >= 15 is 0 Å². The smallest absolute Gasteiger partial charge is 0.00103 e. The molecule has 2 heteroatoms. The number of nitrogens with one attached hydrogen (secondary N) is 1. The molecule has 0 aliphatic carbocycles. The van der Waals surface area contributed by atoms with Gasteiger partial charge in [-0.1, -0.05) is 27.4 Å². The zero-order valence-electron chi connectivity index (χ0n) is 7.07. The average Bonchev–Trinajstić information content (AvgIpc) is 1.88. The predicted octanol–water partition coefficient (Wildman–Crippen LogP) is 1.89. The van der Waals surface area contributed by atoms with Crippen molar-refractivity contribution in [2.24, 2.45) is 0 Å². The van der Waals surface area contributed by atoms with Gasteiger partial charge in [0.25, 0.3) is 0 Å². The third kappa shape index (κ3) is 17.8. The molecule has 0 amide bonds. The van der Waals surface area contributed by atoms with Crippen LogP contribution in [0.1, 0.15) is 27.2 Å². The molecule has 0 saturated carbocycles. The summed E-state index contributed by atoms with van der Waals surface area (Å²) < 4.78 is 0. The third-order valence-electron chi connectivity index (χ3n) is 0.803. The summed E-state index contributed by atoms with van der Waals surface area (Å²) in [5.74, 6) is 0. The maximum absolute atomic E-state index is 3.30. The molecule has 0 aromatic rings. The quantitative estimate of drug-likeness (QED) is 0.604. The molecule has 1 unspecified atom stereocenters. The molecule has 0 radical (unpaired) electrons. The SMILES string of the molecule is CCCNC(C)C.CP. The molecule has 0 bridgehead atoms. The molecule has 0 aliphatic heterocycles. The van der Waals surface area contributed by atoms with Crippen molar-refractivity contribution in [2.45, 2.75) is 33.2 Å². The van der Waals surface area contributed by atoms with Crippen LogP contribution in [0, 0.1) is 0 Å². The first-order chi connectivity index (χ1) is 4.27. The zero-order chi connectivity index (χ0) is 7.70. The molecule has 1 atom stereocenters. The Labute approximate surface area is 61.8 Å². The summed E-state index contributed by atoms with van der Waals surface area (Å²) in [6.07, 6.45) is 1.23. The minimum atomic E-state index is 0.653. The van der Waals surface area contributed by atoms with Crippen LogP contribution in [0.15, 0.2) is 0 Å². The van der Waals surface area contributed by atoms with Crippen LogP contribution >= 0.6 is 9.24 Å². The summed E-state index contributed by atoms with van der Waals surface area (Å²) in [7, 11) is 2.42. The van der Waals surface area contributed by atoms with Gasteiger partial charge < -0.3 is 5.32 Å². The minimum Gasteiger partial charge on any atom is -0.315 e. The summed E-state index contributed by atoms with van der Waals surface area (Å²) in [4.78, 5) is 0. The summed E-state index contributed by atoms with van der Waals surface area (Å²) >= 11 is 0. The molecule has 9 heavy (non-hydrogen) atoms. The molecule has 0 heterocycles. The van der Waals surface area contributed by atoms with E-state index in [1.807, 2.05) is 6.66 Å². The number of rotatable bonds is 3. The Kier molecular flexibility index (Phi) is 15.1. The van der Waals surface area contributed by atoms with Crippen LogP contribution < -0.4 is 5.32 Å². The van der Waals surface area contributed by atoms with Crippen molar-refractivity contribution < 1.29 is 0 Å². The molecule has 1 N–H and O–H groups in total. The fourth-order valence-corrected chi connectivity index (χ4v) is 0.433. The maximum Gasteiger partial charge on any atom is 0.00103 e. The molecule has 0 aliphatic rings. The van der Waals surface area contributed by atoms with Crippen LogP contribution in [0.5, 0.6) is 0 Å². The van der Waals surface area contributed by atoms with Gasteiger partial charge in [0, 0.05) is 6.04 Å². The number of hydrogen-bond acceptors (Lipinski definition) is 1. The second kappa shape index (κ2) is 11.2. The molecule has 0 saturated heterocycles. The molecule has 0 spiro atoms. The molecular weight excluding hydrogens is 129 g/mol. The van der Waals surface area contributed by atoms with E-state index in [1.54, 1.807) is 0 Å². The van der Waals surface area contributed by atoms with Crippen molar-refractivity contribution in [3.05, 3.63) is 0 Å². The minimum absolute atomic E-state index is 0.653. The molecule has 58 valence electrons. The van der Waals surface area contributed by atoms with Gasteiger partial charge in [-0.25, -0.2) is 0 Å². The van der Waals surface area contributed by atoms with E-state index in [9.17, 15) is 0 Å². The Bertz CT molecular complexity index is 37.9. The van der Waals surface area contributed by atoms with Crippen LogP contribution in [0.3, 0.4) is 0 Å². The molecule has 0 rings (SSSR count). The van der Waals surface area contributed by atoms with Gasteiger partial charge in [-0.2, -0.15) is 0 Å². The lowest BCUT2D eigenvalue weighted by Crippen LogP contribution is -2.22. The Morgan fingerprint density at radius 1 is 1.33 bits per heavy atom. The topological polar surface area (TPSA) is 12.0 Å². The van der Waals surface area contributed by atoms with Crippen molar-refractivity contribution in [3.8, 4) is 0 Å². The second-order valence-corrected chi connectivity index (χ2v) is 2.11. The van der Waals surface area contributed by atoms with Crippen molar-refractivity contribution in [1.29, 1.82) is 0 Å². The van der Waals surface area contributed by atoms with Gasteiger partial charge in [-0.3, -0.25) is 0 Å². The van der Waals surface area contributed by atoms with Gasteiger partial charge in [0.1, 0.15) is 0 Å². The van der Waals surface area contributed by atoms with Crippen LogP contribution in [-0.2, 0) is 0 Å². The largest absolute Gasteiger partial charge is 0.315 e. The first-order valence-electron chi connectivity index (χ1n) is 3.58. The van der Waals surface area contributed by atoms with E-state index < -0.39 is 0 Å². The zero-order valence-corrected chi connectivity index (χ0v) is 8.22. The average molecular weight is 149 g/mol. The fraction of sp³-hybridized carbons (Fsp3) is 1.00. The van der Waals surface area contributed by atoms with E-state index in [2.05, 4.69) is 35.3 Å². The number of hydrogen-bond donors (Lipinski definition) is 1. The molecule has 0 fully saturated rings. The van der Waals surface area contributed by atoms with Gasteiger partial charge in [0.2, 0.25) is 0 Å². The van der Waals surface area contributed by atoms with E-state index in [0.717, 1.165) is 6.54 Å². The van der Waals surface area contributed by atoms with E-state index in [1.165, 1.54) is 6.42 Å². The first-order valence-corrected chi connectivity index (χ1v) is 4.74. The molecular formula is C7H20NP. The van der Waals surface area contributed by atoms with Crippen LogP contribution in [0.4, 0.5) is 0 Å². The van der Waals surface area contributed by atoms with Crippen molar-refractivity contribution in [1.82, 2.24) is 5.32 Å². The Morgan fingerprint density at radius 2 is 1.78 bits per heavy atom. The van der Waals surface area contributed by atoms with Crippen LogP contribution in [0.25, 0.3) is 0 Å². The standard InChI is InChI=1S/C6H15N.CH5P/c1-4-5-7-6(2)3;1-2/h6-7H,4-5H2,1-3H3;2H2,1H3. The van der Waals surface area contributed by atoms with E-state index in [-0.39, 0.29) is 0 Å². The third-order valence-corrected chi connectivity index (χ3v) is 0.803. The molecule has 0 aromatic heterocycles. The summed E-state index contributed by atoms with van der Waals surface area (Å²) in [6.45, 7) is 9.57. The Morgan fingerprint density at radius 3 is 1.89 bits per heavy atom. The highest BCUT2D eigenvalue weighted by molar-refractivity contribution is 7.15. The van der Waals surface area contributed by atoms with Gasteiger partial charge in [0.15, 0.2) is 0 Å². The first kappa shape index (κ1) is 12.1. The van der Waals surface area contributed by atoms with Gasteiger partial charge in [-0.15, -0.1) is 9.24 Å². The lowest BCUT2D eigenvalue weighted by Gasteiger charge is -2.03. The second-order valence-electron chi connectivity index (χ2n) is 2.11. The van der Waals surface area contributed by atoms with Crippen molar-refractivity contribution >= 4 is 9.24 Å². The highest BCUT2D eigenvalue weighted by atomic mass is 31.0. The summed E-state index contributed by atoms with van der Waals surface area (Å²) in [5.41, 5.74) is 0. The highest BCUT2D eigenvalue weighted by Crippen LogP contribution is 1.76. The van der Waals surface area contributed by atoms with Gasteiger partial charge >= 0.3 is 0 Å². The molecule has 0 aromatic carbocycles. The normalized spacial score (nSPS) is 8.67. The highest BCUT2D eigenvalue weighted by Gasteiger charge is 1.85. The lowest BCUT2D eigenvalue weighted by molar-refractivity contribution is 0.584. The van der Waals surface area contributed by atoms with Crippen LogP contribution in [0.2, 0.25) is 0 Å².